The average Bonchev–Trinajstić information content (AvgIpc) is 2.96. The Bertz CT molecular complexity index is 906. The van der Waals surface area contributed by atoms with Crippen LogP contribution in [0.2, 0.25) is 0 Å². The van der Waals surface area contributed by atoms with Crippen molar-refractivity contribution in [3.63, 3.8) is 0 Å². The highest BCUT2D eigenvalue weighted by atomic mass is 16.5. The molecule has 0 saturated carbocycles. The summed E-state index contributed by atoms with van der Waals surface area (Å²) in [7, 11) is 1.72. The van der Waals surface area contributed by atoms with E-state index in [1.807, 2.05) is 18.2 Å². The van der Waals surface area contributed by atoms with Gasteiger partial charge in [0.2, 0.25) is 5.91 Å². The van der Waals surface area contributed by atoms with E-state index in [-0.39, 0.29) is 17.7 Å². The average molecular weight is 443 g/mol. The molecule has 0 aromatic heterocycles. The third kappa shape index (κ3) is 6.11. The maximum absolute atomic E-state index is 12.9. The molecular formula is C25H38N4O3. The van der Waals surface area contributed by atoms with Gasteiger partial charge in [-0.05, 0) is 76.0 Å². The molecule has 0 spiro atoms. The van der Waals surface area contributed by atoms with E-state index in [0.29, 0.717) is 17.6 Å². The SMILES string of the molecule is COCCCN1CCC(C(=O)NNC(=O)c2cccc3c2=CCC(C)N(C(C)C)C=3)CC1. The maximum Gasteiger partial charge on any atom is 0.270 e. The molecule has 1 aromatic carbocycles. The quantitative estimate of drug-likeness (QED) is 0.491. The molecule has 1 fully saturated rings. The van der Waals surface area contributed by atoms with E-state index in [2.05, 4.69) is 53.7 Å². The van der Waals surface area contributed by atoms with E-state index in [1.165, 1.54) is 0 Å². The van der Waals surface area contributed by atoms with Gasteiger partial charge in [0.1, 0.15) is 0 Å². The van der Waals surface area contributed by atoms with Gasteiger partial charge < -0.3 is 14.5 Å². The summed E-state index contributed by atoms with van der Waals surface area (Å²) in [6.45, 7) is 10.1. The minimum Gasteiger partial charge on any atom is -0.385 e. The number of hydrogen-bond acceptors (Lipinski definition) is 5. The minimum absolute atomic E-state index is 0.0674. The van der Waals surface area contributed by atoms with Crippen LogP contribution in [-0.4, -0.2) is 67.0 Å². The molecule has 2 aliphatic rings. The molecule has 2 amide bonds. The number of hydrogen-bond donors (Lipinski definition) is 2. The first-order chi connectivity index (χ1) is 15.4. The number of nitrogens with zero attached hydrogens (tertiary/aromatic N) is 2. The molecule has 1 saturated heterocycles. The molecule has 7 nitrogen and oxygen atoms in total. The molecule has 2 heterocycles. The van der Waals surface area contributed by atoms with Crippen LogP contribution in [0.4, 0.5) is 0 Å². The Kier molecular flexibility index (Phi) is 8.70. The maximum atomic E-state index is 12.9. The van der Waals surface area contributed by atoms with Gasteiger partial charge in [-0.2, -0.15) is 0 Å². The topological polar surface area (TPSA) is 73.9 Å². The number of fused-ring (bicyclic) bond motifs is 1. The molecule has 3 rings (SSSR count). The molecule has 1 unspecified atom stereocenters. The molecule has 1 aromatic rings. The van der Waals surface area contributed by atoms with Gasteiger partial charge in [0.05, 0.1) is 0 Å². The number of nitrogens with one attached hydrogen (secondary N) is 2. The number of ether oxygens (including phenoxy) is 1. The molecule has 2 aliphatic heterocycles. The van der Waals surface area contributed by atoms with Crippen LogP contribution < -0.4 is 21.3 Å². The second-order valence-corrected chi connectivity index (χ2v) is 9.17. The molecule has 2 N–H and O–H groups in total. The van der Waals surface area contributed by atoms with Crippen molar-refractivity contribution in [1.29, 1.82) is 0 Å². The van der Waals surface area contributed by atoms with E-state index in [0.717, 1.165) is 62.4 Å². The van der Waals surface area contributed by atoms with Crippen molar-refractivity contribution >= 4 is 24.1 Å². The molecule has 0 radical (unpaired) electrons. The molecular weight excluding hydrogens is 404 g/mol. The Balaban J connectivity index is 1.59. The fourth-order valence-corrected chi connectivity index (χ4v) is 4.62. The van der Waals surface area contributed by atoms with Crippen LogP contribution in [0.15, 0.2) is 18.2 Å². The number of carbonyl (C=O) groups excluding carboxylic acids is 2. The second-order valence-electron chi connectivity index (χ2n) is 9.17. The van der Waals surface area contributed by atoms with Crippen molar-refractivity contribution in [2.45, 2.75) is 58.5 Å². The molecule has 176 valence electrons. The number of hydrazine groups is 1. The third-order valence-electron chi connectivity index (χ3n) is 6.52. The van der Waals surface area contributed by atoms with Crippen LogP contribution >= 0.6 is 0 Å². The largest absolute Gasteiger partial charge is 0.385 e. The van der Waals surface area contributed by atoms with Gasteiger partial charge in [-0.15, -0.1) is 0 Å². The monoisotopic (exact) mass is 442 g/mol. The summed E-state index contributed by atoms with van der Waals surface area (Å²) in [5.74, 6) is -0.447. The summed E-state index contributed by atoms with van der Waals surface area (Å²) in [6.07, 6.45) is 7.76. The lowest BCUT2D eigenvalue weighted by Gasteiger charge is -2.31. The summed E-state index contributed by atoms with van der Waals surface area (Å²) >= 11 is 0. The zero-order valence-corrected chi connectivity index (χ0v) is 19.9. The van der Waals surface area contributed by atoms with Crippen LogP contribution in [-0.2, 0) is 9.53 Å². The van der Waals surface area contributed by atoms with Crippen LogP contribution in [0.5, 0.6) is 0 Å². The van der Waals surface area contributed by atoms with Gasteiger partial charge in [0, 0.05) is 50.0 Å². The highest BCUT2D eigenvalue weighted by molar-refractivity contribution is 5.96. The Morgan fingerprint density at radius 2 is 1.94 bits per heavy atom. The molecule has 1 atom stereocenters. The summed E-state index contributed by atoms with van der Waals surface area (Å²) in [4.78, 5) is 30.2. The molecule has 0 aliphatic carbocycles. The number of carbonyl (C=O) groups is 2. The van der Waals surface area contributed by atoms with Crippen molar-refractivity contribution in [2.75, 3.05) is 33.4 Å². The van der Waals surface area contributed by atoms with Crippen molar-refractivity contribution in [3.05, 3.63) is 34.2 Å². The van der Waals surface area contributed by atoms with Crippen LogP contribution in [0.3, 0.4) is 0 Å². The lowest BCUT2D eigenvalue weighted by molar-refractivity contribution is -0.127. The van der Waals surface area contributed by atoms with E-state index >= 15 is 0 Å². The van der Waals surface area contributed by atoms with Gasteiger partial charge in [-0.1, -0.05) is 18.2 Å². The normalized spacial score (nSPS) is 19.5. The number of likely N-dealkylation sites (tertiary alicyclic amines) is 1. The van der Waals surface area contributed by atoms with Crippen molar-refractivity contribution in [1.82, 2.24) is 20.7 Å². The highest BCUT2D eigenvalue weighted by Gasteiger charge is 2.25. The summed E-state index contributed by atoms with van der Waals surface area (Å²) in [5.41, 5.74) is 5.90. The smallest absolute Gasteiger partial charge is 0.270 e. The standard InChI is InChI=1S/C25H38N4O3/c1-18(2)29-17-21-7-5-8-23(22(21)10-9-19(29)3)25(31)27-26-24(30)20-11-14-28(15-12-20)13-6-16-32-4/h5,7-8,10,17-20H,6,9,11-16H2,1-4H3,(H,26,30)(H,27,31). The fourth-order valence-electron chi connectivity index (χ4n) is 4.62. The van der Waals surface area contributed by atoms with E-state index < -0.39 is 0 Å². The highest BCUT2D eigenvalue weighted by Crippen LogP contribution is 2.17. The first kappa shape index (κ1) is 24.3. The number of amides is 2. The van der Waals surface area contributed by atoms with Gasteiger partial charge >= 0.3 is 0 Å². The first-order valence-corrected chi connectivity index (χ1v) is 11.8. The molecule has 0 bridgehead atoms. The lowest BCUT2D eigenvalue weighted by atomic mass is 9.96. The van der Waals surface area contributed by atoms with Crippen LogP contribution in [0.25, 0.3) is 12.3 Å². The molecule has 7 heteroatoms. The number of rotatable bonds is 7. The lowest BCUT2D eigenvalue weighted by Crippen LogP contribution is -2.49. The predicted octanol–water partition coefficient (Wildman–Crippen LogP) is 1.22. The van der Waals surface area contributed by atoms with Gasteiger partial charge in [0.15, 0.2) is 0 Å². The Morgan fingerprint density at radius 1 is 1.19 bits per heavy atom. The summed E-state index contributed by atoms with van der Waals surface area (Å²) in [5, 5.41) is 1.96. The number of methoxy groups -OCH3 is 1. The second kappa shape index (κ2) is 11.5. The molecule has 32 heavy (non-hydrogen) atoms. The van der Waals surface area contributed by atoms with Gasteiger partial charge in [-0.3, -0.25) is 20.4 Å². The van der Waals surface area contributed by atoms with E-state index in [1.54, 1.807) is 7.11 Å². The summed E-state index contributed by atoms with van der Waals surface area (Å²) in [6, 6.07) is 6.49. The summed E-state index contributed by atoms with van der Waals surface area (Å²) < 4.78 is 5.11. The predicted molar refractivity (Wildman–Crippen MR) is 127 cm³/mol. The van der Waals surface area contributed by atoms with Crippen molar-refractivity contribution in [2.24, 2.45) is 5.92 Å². The Labute approximate surface area is 191 Å². The van der Waals surface area contributed by atoms with Gasteiger partial charge in [0.25, 0.3) is 5.91 Å². The van der Waals surface area contributed by atoms with Crippen molar-refractivity contribution in [3.8, 4) is 0 Å². The number of piperidine rings is 1. The Morgan fingerprint density at radius 3 is 2.62 bits per heavy atom. The van der Waals surface area contributed by atoms with Crippen molar-refractivity contribution < 1.29 is 14.3 Å². The number of benzene rings is 1. The van der Waals surface area contributed by atoms with E-state index in [4.69, 9.17) is 4.74 Å². The Hall–Kier alpha value is -2.38. The van der Waals surface area contributed by atoms with Crippen LogP contribution in [0.1, 0.15) is 56.8 Å². The fraction of sp³-hybridized carbons (Fsp3) is 0.600. The van der Waals surface area contributed by atoms with E-state index in [9.17, 15) is 9.59 Å². The van der Waals surface area contributed by atoms with Crippen LogP contribution in [0, 0.1) is 5.92 Å². The zero-order chi connectivity index (χ0) is 23.1. The minimum atomic E-state index is -0.275. The zero-order valence-electron chi connectivity index (χ0n) is 19.9. The first-order valence-electron chi connectivity index (χ1n) is 11.8. The van der Waals surface area contributed by atoms with Gasteiger partial charge in [-0.25, -0.2) is 0 Å². The third-order valence-corrected chi connectivity index (χ3v) is 6.52.